The molecular formula is C12H13N3O2. The van der Waals surface area contributed by atoms with Crippen molar-refractivity contribution >= 4 is 5.82 Å². The minimum atomic E-state index is 0.255. The molecule has 5 heteroatoms. The second-order valence-electron chi connectivity index (χ2n) is 3.34. The molecule has 0 spiro atoms. The summed E-state index contributed by atoms with van der Waals surface area (Å²) in [5, 5.41) is 0. The molecule has 0 radical (unpaired) electrons. The third-order valence-corrected chi connectivity index (χ3v) is 2.15. The van der Waals surface area contributed by atoms with Crippen molar-refractivity contribution in [2.45, 2.75) is 6.61 Å². The van der Waals surface area contributed by atoms with E-state index in [2.05, 4.69) is 9.97 Å². The second kappa shape index (κ2) is 5.16. The fraction of sp³-hybridized carbons (Fsp3) is 0.167. The molecule has 0 aliphatic rings. The smallest absolute Gasteiger partial charge is 0.168 e. The van der Waals surface area contributed by atoms with Crippen molar-refractivity contribution in [2.75, 3.05) is 12.8 Å². The molecule has 0 bridgehead atoms. The highest BCUT2D eigenvalue weighted by molar-refractivity contribution is 5.39. The first kappa shape index (κ1) is 11.2. The van der Waals surface area contributed by atoms with Crippen LogP contribution >= 0.6 is 0 Å². The Morgan fingerprint density at radius 3 is 2.65 bits per heavy atom. The number of hydrogen-bond acceptors (Lipinski definition) is 5. The molecule has 2 aromatic rings. The minimum Gasteiger partial charge on any atom is -0.493 e. The number of aromatic nitrogens is 2. The molecule has 0 aliphatic carbocycles. The van der Waals surface area contributed by atoms with E-state index in [-0.39, 0.29) is 6.61 Å². The molecule has 88 valence electrons. The summed E-state index contributed by atoms with van der Waals surface area (Å²) in [5.74, 6) is 2.30. The first-order chi connectivity index (χ1) is 8.29. The van der Waals surface area contributed by atoms with Crippen molar-refractivity contribution < 1.29 is 9.47 Å². The van der Waals surface area contributed by atoms with E-state index in [9.17, 15) is 0 Å². The van der Waals surface area contributed by atoms with Crippen LogP contribution in [0.25, 0.3) is 0 Å². The van der Waals surface area contributed by atoms with Gasteiger partial charge in [0.1, 0.15) is 12.4 Å². The largest absolute Gasteiger partial charge is 0.493 e. The lowest BCUT2D eigenvalue weighted by molar-refractivity contribution is 0.276. The number of hydrogen-bond donors (Lipinski definition) is 1. The summed E-state index contributed by atoms with van der Waals surface area (Å²) in [7, 11) is 1.60. The average Bonchev–Trinajstić information content (AvgIpc) is 2.37. The Bertz CT molecular complexity index is 503. The maximum Gasteiger partial charge on any atom is 0.168 e. The number of nitrogens with zero attached hydrogens (tertiary/aromatic N) is 2. The number of anilines is 1. The molecule has 0 aliphatic heterocycles. The molecule has 17 heavy (non-hydrogen) atoms. The van der Waals surface area contributed by atoms with E-state index in [1.165, 1.54) is 0 Å². The number of rotatable bonds is 4. The van der Waals surface area contributed by atoms with Crippen LogP contribution in [0.4, 0.5) is 5.82 Å². The van der Waals surface area contributed by atoms with Gasteiger partial charge in [0.25, 0.3) is 0 Å². The maximum atomic E-state index is 5.56. The highest BCUT2D eigenvalue weighted by Crippen LogP contribution is 2.26. The molecule has 1 aromatic carbocycles. The first-order valence-corrected chi connectivity index (χ1v) is 5.13. The van der Waals surface area contributed by atoms with E-state index in [1.807, 2.05) is 24.3 Å². The lowest BCUT2D eigenvalue weighted by Gasteiger charge is -2.09. The van der Waals surface area contributed by atoms with Gasteiger partial charge in [-0.05, 0) is 18.2 Å². The number of nitrogens with two attached hydrogens (primary N) is 1. The molecule has 0 amide bonds. The zero-order valence-corrected chi connectivity index (χ0v) is 9.46. The highest BCUT2D eigenvalue weighted by atomic mass is 16.5. The predicted octanol–water partition coefficient (Wildman–Crippen LogP) is 1.65. The zero-order chi connectivity index (χ0) is 12.1. The van der Waals surface area contributed by atoms with Crippen molar-refractivity contribution in [2.24, 2.45) is 0 Å². The van der Waals surface area contributed by atoms with Gasteiger partial charge in [0.15, 0.2) is 17.3 Å². The summed E-state index contributed by atoms with van der Waals surface area (Å²) in [5.41, 5.74) is 5.55. The van der Waals surface area contributed by atoms with Gasteiger partial charge < -0.3 is 15.2 Å². The quantitative estimate of drug-likeness (QED) is 0.866. The summed E-state index contributed by atoms with van der Waals surface area (Å²) >= 11 is 0. The number of benzene rings is 1. The number of ether oxygens (including phenoxy) is 2. The van der Waals surface area contributed by atoms with Gasteiger partial charge in [0.2, 0.25) is 0 Å². The molecule has 1 heterocycles. The van der Waals surface area contributed by atoms with Gasteiger partial charge in [-0.3, -0.25) is 0 Å². The summed E-state index contributed by atoms with van der Waals surface area (Å²) in [6.07, 6.45) is 1.60. The second-order valence-corrected chi connectivity index (χ2v) is 3.34. The van der Waals surface area contributed by atoms with E-state index in [0.29, 0.717) is 23.1 Å². The third-order valence-electron chi connectivity index (χ3n) is 2.15. The molecule has 0 atom stereocenters. The number of nitrogen functional groups attached to an aromatic ring is 1. The predicted molar refractivity (Wildman–Crippen MR) is 63.8 cm³/mol. The summed E-state index contributed by atoms with van der Waals surface area (Å²) < 4.78 is 10.7. The summed E-state index contributed by atoms with van der Waals surface area (Å²) in [4.78, 5) is 8.10. The van der Waals surface area contributed by atoms with Crippen LogP contribution in [-0.2, 0) is 6.61 Å². The Balaban J connectivity index is 2.07. The van der Waals surface area contributed by atoms with E-state index in [4.69, 9.17) is 15.2 Å². The molecule has 2 rings (SSSR count). The van der Waals surface area contributed by atoms with Crippen LogP contribution in [0.1, 0.15) is 5.82 Å². The molecule has 2 N–H and O–H groups in total. The van der Waals surface area contributed by atoms with Crippen molar-refractivity contribution in [3.8, 4) is 11.5 Å². The lowest BCUT2D eigenvalue weighted by Crippen LogP contribution is -2.03. The van der Waals surface area contributed by atoms with Gasteiger partial charge >= 0.3 is 0 Å². The lowest BCUT2D eigenvalue weighted by atomic mass is 10.3. The molecule has 0 saturated carbocycles. The van der Waals surface area contributed by atoms with Crippen LogP contribution in [0.3, 0.4) is 0 Å². The standard InChI is InChI=1S/C12H13N3O2/c1-16-9-4-2-3-5-10(9)17-8-12-14-7-6-11(13)15-12/h2-7H,8H2,1H3,(H2,13,14,15). The Morgan fingerprint density at radius 1 is 1.18 bits per heavy atom. The van der Waals surface area contributed by atoms with E-state index in [0.717, 1.165) is 0 Å². The number of methoxy groups -OCH3 is 1. The molecule has 0 saturated heterocycles. The van der Waals surface area contributed by atoms with Crippen molar-refractivity contribution in [1.82, 2.24) is 9.97 Å². The number of para-hydroxylation sites is 2. The minimum absolute atomic E-state index is 0.255. The van der Waals surface area contributed by atoms with Gasteiger partial charge in [-0.2, -0.15) is 0 Å². The van der Waals surface area contributed by atoms with Gasteiger partial charge in [0, 0.05) is 6.20 Å². The van der Waals surface area contributed by atoms with Crippen LogP contribution in [0, 0.1) is 0 Å². The molecule has 5 nitrogen and oxygen atoms in total. The van der Waals surface area contributed by atoms with Crippen molar-refractivity contribution in [3.63, 3.8) is 0 Å². The van der Waals surface area contributed by atoms with Crippen LogP contribution in [0.2, 0.25) is 0 Å². The summed E-state index contributed by atoms with van der Waals surface area (Å²) in [6.45, 7) is 0.255. The molecule has 0 fully saturated rings. The fourth-order valence-electron chi connectivity index (χ4n) is 1.36. The highest BCUT2D eigenvalue weighted by Gasteiger charge is 2.04. The van der Waals surface area contributed by atoms with Crippen LogP contribution in [-0.4, -0.2) is 17.1 Å². The van der Waals surface area contributed by atoms with Crippen LogP contribution in [0.5, 0.6) is 11.5 Å². The van der Waals surface area contributed by atoms with Gasteiger partial charge in [-0.25, -0.2) is 9.97 Å². The third kappa shape index (κ3) is 2.84. The van der Waals surface area contributed by atoms with Crippen LogP contribution in [0.15, 0.2) is 36.5 Å². The first-order valence-electron chi connectivity index (χ1n) is 5.13. The SMILES string of the molecule is COc1ccccc1OCc1nccc(N)n1. The topological polar surface area (TPSA) is 70.3 Å². The Labute approximate surface area is 99.2 Å². The Hall–Kier alpha value is -2.30. The molecule has 1 aromatic heterocycles. The van der Waals surface area contributed by atoms with Crippen molar-refractivity contribution in [1.29, 1.82) is 0 Å². The normalized spacial score (nSPS) is 9.94. The summed E-state index contributed by atoms with van der Waals surface area (Å²) in [6, 6.07) is 9.04. The van der Waals surface area contributed by atoms with Crippen LogP contribution < -0.4 is 15.2 Å². The fourth-order valence-corrected chi connectivity index (χ4v) is 1.36. The van der Waals surface area contributed by atoms with E-state index < -0.39 is 0 Å². The van der Waals surface area contributed by atoms with Crippen molar-refractivity contribution in [3.05, 3.63) is 42.4 Å². The zero-order valence-electron chi connectivity index (χ0n) is 9.46. The molecular weight excluding hydrogens is 218 g/mol. The van der Waals surface area contributed by atoms with E-state index in [1.54, 1.807) is 19.4 Å². The maximum absolute atomic E-state index is 5.56. The Morgan fingerprint density at radius 2 is 1.94 bits per heavy atom. The van der Waals surface area contributed by atoms with Gasteiger partial charge in [0.05, 0.1) is 7.11 Å². The van der Waals surface area contributed by atoms with Gasteiger partial charge in [-0.1, -0.05) is 12.1 Å². The monoisotopic (exact) mass is 231 g/mol. The van der Waals surface area contributed by atoms with E-state index >= 15 is 0 Å². The molecule has 0 unspecified atom stereocenters. The average molecular weight is 231 g/mol. The van der Waals surface area contributed by atoms with Gasteiger partial charge in [-0.15, -0.1) is 0 Å². The Kier molecular flexibility index (Phi) is 3.40.